The number of carbonyl (C=O) groups is 1. The Kier molecular flexibility index (Phi) is 2.80. The molecule has 0 saturated carbocycles. The molecule has 1 rings (SSSR count). The molecule has 0 unspecified atom stereocenters. The first kappa shape index (κ1) is 10.2. The molecule has 0 fully saturated rings. The Balaban J connectivity index is 3.27. The van der Waals surface area contributed by atoms with Gasteiger partial charge in [0.15, 0.2) is 0 Å². The van der Waals surface area contributed by atoms with E-state index in [1.807, 2.05) is 4.98 Å². The molecule has 0 aromatic carbocycles. The van der Waals surface area contributed by atoms with E-state index in [4.69, 9.17) is 0 Å². The third-order valence-electron chi connectivity index (χ3n) is 1.45. The number of halogens is 1. The van der Waals surface area contributed by atoms with Gasteiger partial charge in [0.2, 0.25) is 5.82 Å². The number of aromatic nitrogens is 2. The molecule has 6 nitrogen and oxygen atoms in total. The second-order valence-electron chi connectivity index (χ2n) is 2.46. The summed E-state index contributed by atoms with van der Waals surface area (Å²) < 4.78 is 13.0. The number of aromatic amines is 2. The number of hydrogen-bond donors (Lipinski definition) is 3. The predicted octanol–water partition coefficient (Wildman–Crippen LogP) is -1.05. The van der Waals surface area contributed by atoms with Gasteiger partial charge in [-0.1, -0.05) is 0 Å². The lowest BCUT2D eigenvalue weighted by atomic mass is 10.3. The van der Waals surface area contributed by atoms with Gasteiger partial charge in [-0.05, 0) is 6.92 Å². The van der Waals surface area contributed by atoms with Gasteiger partial charge in [0.1, 0.15) is 5.69 Å². The van der Waals surface area contributed by atoms with E-state index in [0.717, 1.165) is 0 Å². The molecule has 0 bridgehead atoms. The highest BCUT2D eigenvalue weighted by Gasteiger charge is 2.15. The molecule has 3 N–H and O–H groups in total. The smallest absolute Gasteiger partial charge is 0.326 e. The molecular weight excluding hydrogens is 193 g/mol. The zero-order valence-corrected chi connectivity index (χ0v) is 7.31. The number of nitrogens with one attached hydrogen (secondary N) is 3. The van der Waals surface area contributed by atoms with E-state index in [2.05, 4.69) is 5.32 Å². The summed E-state index contributed by atoms with van der Waals surface area (Å²) in [7, 11) is 0. The number of carbonyl (C=O) groups excluding carboxylic acids is 1. The summed E-state index contributed by atoms with van der Waals surface area (Å²) in [5.74, 6) is -2.12. The zero-order valence-electron chi connectivity index (χ0n) is 7.31. The highest BCUT2D eigenvalue weighted by atomic mass is 19.1. The van der Waals surface area contributed by atoms with Gasteiger partial charge >= 0.3 is 5.69 Å². The van der Waals surface area contributed by atoms with Crippen LogP contribution in [0.3, 0.4) is 0 Å². The highest BCUT2D eigenvalue weighted by Crippen LogP contribution is 1.93. The summed E-state index contributed by atoms with van der Waals surface area (Å²) in [4.78, 5) is 36.1. The van der Waals surface area contributed by atoms with Crippen LogP contribution in [0, 0.1) is 5.82 Å². The lowest BCUT2D eigenvalue weighted by molar-refractivity contribution is 0.0945. The summed E-state index contributed by atoms with van der Waals surface area (Å²) in [5, 5.41) is 2.26. The normalized spacial score (nSPS) is 9.86. The molecule has 1 heterocycles. The van der Waals surface area contributed by atoms with E-state index in [9.17, 15) is 18.8 Å². The maximum atomic E-state index is 13.0. The van der Waals surface area contributed by atoms with E-state index in [-0.39, 0.29) is 6.54 Å². The fourth-order valence-corrected chi connectivity index (χ4v) is 0.877. The molecular formula is C7H8FN3O3. The second kappa shape index (κ2) is 3.86. The van der Waals surface area contributed by atoms with Crippen LogP contribution in [-0.4, -0.2) is 22.4 Å². The summed E-state index contributed by atoms with van der Waals surface area (Å²) >= 11 is 0. The summed E-state index contributed by atoms with van der Waals surface area (Å²) in [6.45, 7) is 1.90. The van der Waals surface area contributed by atoms with Crippen LogP contribution in [0.5, 0.6) is 0 Å². The van der Waals surface area contributed by atoms with Gasteiger partial charge < -0.3 is 10.3 Å². The minimum Gasteiger partial charge on any atom is -0.351 e. The van der Waals surface area contributed by atoms with Crippen LogP contribution >= 0.6 is 0 Å². The number of H-pyrrole nitrogens is 2. The average Bonchev–Trinajstić information content (AvgIpc) is 2.11. The van der Waals surface area contributed by atoms with Crippen molar-refractivity contribution in [3.8, 4) is 0 Å². The first-order valence-electron chi connectivity index (χ1n) is 3.86. The minimum absolute atomic E-state index is 0.271. The van der Waals surface area contributed by atoms with Crippen LogP contribution in [0.2, 0.25) is 0 Å². The maximum absolute atomic E-state index is 13.0. The third kappa shape index (κ3) is 1.87. The molecule has 7 heteroatoms. The van der Waals surface area contributed by atoms with Crippen LogP contribution < -0.4 is 16.6 Å². The summed E-state index contributed by atoms with van der Waals surface area (Å²) in [5.41, 5.74) is -2.78. The monoisotopic (exact) mass is 201 g/mol. The first-order valence-corrected chi connectivity index (χ1v) is 3.86. The minimum atomic E-state index is -1.30. The van der Waals surface area contributed by atoms with Crippen molar-refractivity contribution < 1.29 is 9.18 Å². The lowest BCUT2D eigenvalue weighted by Gasteiger charge is -2.01. The molecule has 76 valence electrons. The molecule has 0 aliphatic heterocycles. The Bertz CT molecular complexity index is 462. The van der Waals surface area contributed by atoms with Crippen LogP contribution in [0.4, 0.5) is 4.39 Å². The zero-order chi connectivity index (χ0) is 10.7. The van der Waals surface area contributed by atoms with Crippen molar-refractivity contribution in [3.63, 3.8) is 0 Å². The predicted molar refractivity (Wildman–Crippen MR) is 45.6 cm³/mol. The van der Waals surface area contributed by atoms with Gasteiger partial charge in [0.25, 0.3) is 11.5 Å². The van der Waals surface area contributed by atoms with Gasteiger partial charge in [0, 0.05) is 6.54 Å². The Morgan fingerprint density at radius 2 is 2.07 bits per heavy atom. The van der Waals surface area contributed by atoms with Crippen LogP contribution in [0.1, 0.15) is 17.4 Å². The van der Waals surface area contributed by atoms with Crippen molar-refractivity contribution in [2.24, 2.45) is 0 Å². The number of amides is 1. The van der Waals surface area contributed by atoms with Crippen molar-refractivity contribution in [2.45, 2.75) is 6.92 Å². The van der Waals surface area contributed by atoms with Crippen LogP contribution in [-0.2, 0) is 0 Å². The Hall–Kier alpha value is -1.92. The van der Waals surface area contributed by atoms with Crippen molar-refractivity contribution in [3.05, 3.63) is 32.3 Å². The van der Waals surface area contributed by atoms with Gasteiger partial charge in [0.05, 0.1) is 0 Å². The topological polar surface area (TPSA) is 94.8 Å². The maximum Gasteiger partial charge on any atom is 0.326 e. The van der Waals surface area contributed by atoms with Gasteiger partial charge in [-0.2, -0.15) is 4.39 Å². The average molecular weight is 201 g/mol. The largest absolute Gasteiger partial charge is 0.351 e. The lowest BCUT2D eigenvalue weighted by Crippen LogP contribution is -2.34. The SMILES string of the molecule is CCNC(=O)c1[nH]c(=O)[nH]c(=O)c1F. The third-order valence-corrected chi connectivity index (χ3v) is 1.45. The van der Waals surface area contributed by atoms with Gasteiger partial charge in [-0.3, -0.25) is 14.6 Å². The van der Waals surface area contributed by atoms with Crippen LogP contribution in [0.25, 0.3) is 0 Å². The molecule has 1 aromatic rings. The van der Waals surface area contributed by atoms with Crippen molar-refractivity contribution in [1.29, 1.82) is 0 Å². The summed E-state index contributed by atoms with van der Waals surface area (Å²) in [6, 6.07) is 0. The number of hydrogen-bond acceptors (Lipinski definition) is 3. The molecule has 1 amide bonds. The second-order valence-corrected chi connectivity index (χ2v) is 2.46. The van der Waals surface area contributed by atoms with Crippen molar-refractivity contribution in [1.82, 2.24) is 15.3 Å². The molecule has 14 heavy (non-hydrogen) atoms. The highest BCUT2D eigenvalue weighted by molar-refractivity contribution is 5.92. The van der Waals surface area contributed by atoms with E-state index >= 15 is 0 Å². The summed E-state index contributed by atoms with van der Waals surface area (Å²) in [6.07, 6.45) is 0. The fourth-order valence-electron chi connectivity index (χ4n) is 0.877. The molecule has 0 aliphatic rings. The van der Waals surface area contributed by atoms with Gasteiger partial charge in [-0.15, -0.1) is 0 Å². The number of rotatable bonds is 2. The molecule has 0 atom stereocenters. The first-order chi connectivity index (χ1) is 6.56. The van der Waals surface area contributed by atoms with Crippen molar-refractivity contribution in [2.75, 3.05) is 6.54 Å². The molecule has 1 aromatic heterocycles. The van der Waals surface area contributed by atoms with Crippen LogP contribution in [0.15, 0.2) is 9.59 Å². The van der Waals surface area contributed by atoms with E-state index < -0.39 is 28.7 Å². The van der Waals surface area contributed by atoms with E-state index in [0.29, 0.717) is 0 Å². The van der Waals surface area contributed by atoms with Crippen molar-refractivity contribution >= 4 is 5.91 Å². The quantitative estimate of drug-likeness (QED) is 0.569. The Labute approximate surface area is 77.2 Å². The fraction of sp³-hybridized carbons (Fsp3) is 0.286. The molecule has 0 aliphatic carbocycles. The van der Waals surface area contributed by atoms with E-state index in [1.54, 1.807) is 11.9 Å². The molecule has 0 radical (unpaired) electrons. The molecule has 0 spiro atoms. The van der Waals surface area contributed by atoms with Gasteiger partial charge in [-0.25, -0.2) is 4.79 Å². The molecule has 0 saturated heterocycles. The Morgan fingerprint density at radius 3 is 2.64 bits per heavy atom. The standard InChI is InChI=1S/C7H8FN3O3/c1-2-9-6(13)4-3(8)5(12)11-7(14)10-4/h2H2,1H3,(H,9,13)(H2,10,11,12,14). The Morgan fingerprint density at radius 1 is 1.43 bits per heavy atom. The van der Waals surface area contributed by atoms with E-state index in [1.165, 1.54) is 0 Å².